The van der Waals surface area contributed by atoms with Crippen LogP contribution in [0.25, 0.3) is 0 Å². The maximum atomic E-state index is 12.1. The van der Waals surface area contributed by atoms with E-state index >= 15 is 0 Å². The number of nitrogens with zero attached hydrogens (tertiary/aromatic N) is 1. The van der Waals surface area contributed by atoms with Crippen LogP contribution in [0.2, 0.25) is 0 Å². The summed E-state index contributed by atoms with van der Waals surface area (Å²) in [4.78, 5) is 14.1. The summed E-state index contributed by atoms with van der Waals surface area (Å²) in [5.74, 6) is 1.20. The van der Waals surface area contributed by atoms with Gasteiger partial charge in [0.1, 0.15) is 0 Å². The van der Waals surface area contributed by atoms with Gasteiger partial charge in [0.05, 0.1) is 6.04 Å². The van der Waals surface area contributed by atoms with Gasteiger partial charge in [0.2, 0.25) is 5.91 Å². The van der Waals surface area contributed by atoms with Gasteiger partial charge in [-0.3, -0.25) is 4.79 Å². The van der Waals surface area contributed by atoms with Crippen LogP contribution in [0.4, 0.5) is 0 Å². The summed E-state index contributed by atoms with van der Waals surface area (Å²) in [5.41, 5.74) is 0. The highest BCUT2D eigenvalue weighted by atomic mass is 16.3. The van der Waals surface area contributed by atoms with E-state index in [1.165, 1.54) is 12.8 Å². The minimum Gasteiger partial charge on any atom is -0.396 e. The van der Waals surface area contributed by atoms with Crippen molar-refractivity contribution in [2.45, 2.75) is 38.6 Å². The summed E-state index contributed by atoms with van der Waals surface area (Å²) in [6.45, 7) is 4.90. The minimum atomic E-state index is 0.0361. The van der Waals surface area contributed by atoms with Crippen molar-refractivity contribution in [1.29, 1.82) is 0 Å². The summed E-state index contributed by atoms with van der Waals surface area (Å²) in [5, 5.41) is 12.5. The smallest absolute Gasteiger partial charge is 0.239 e. The Balaban J connectivity index is 1.85. The second kappa shape index (κ2) is 5.83. The molecule has 1 heterocycles. The average Bonchev–Trinajstić information content (AvgIpc) is 2.91. The van der Waals surface area contributed by atoms with Gasteiger partial charge in [-0.1, -0.05) is 13.3 Å². The number of hydrogen-bond donors (Lipinski definition) is 2. The molecule has 0 bridgehead atoms. The Morgan fingerprint density at radius 1 is 1.35 bits per heavy atom. The largest absolute Gasteiger partial charge is 0.396 e. The quantitative estimate of drug-likeness (QED) is 0.740. The van der Waals surface area contributed by atoms with Crippen molar-refractivity contribution >= 4 is 5.91 Å². The first-order valence-electron chi connectivity index (χ1n) is 6.89. The third kappa shape index (κ3) is 2.80. The van der Waals surface area contributed by atoms with E-state index in [1.54, 1.807) is 0 Å². The van der Waals surface area contributed by atoms with Gasteiger partial charge in [-0.15, -0.1) is 0 Å². The molecule has 1 saturated heterocycles. The number of likely N-dealkylation sites (N-methyl/N-ethyl adjacent to an activating group) is 1. The number of aliphatic hydroxyl groups is 1. The number of nitrogens with one attached hydrogen (secondary N) is 1. The Morgan fingerprint density at radius 2 is 2.12 bits per heavy atom. The number of aliphatic hydroxyl groups excluding tert-OH is 1. The molecule has 0 aromatic carbocycles. The van der Waals surface area contributed by atoms with Crippen LogP contribution in [0, 0.1) is 11.8 Å². The molecule has 2 rings (SSSR count). The fourth-order valence-electron chi connectivity index (χ4n) is 3.23. The lowest BCUT2D eigenvalue weighted by molar-refractivity contribution is -0.130. The van der Waals surface area contributed by atoms with E-state index in [-0.39, 0.29) is 18.6 Å². The number of likely N-dealkylation sites (tertiary alicyclic amines) is 1. The molecule has 4 nitrogen and oxygen atoms in total. The van der Waals surface area contributed by atoms with E-state index in [9.17, 15) is 9.90 Å². The number of rotatable bonds is 5. The summed E-state index contributed by atoms with van der Waals surface area (Å²) < 4.78 is 0. The van der Waals surface area contributed by atoms with Gasteiger partial charge < -0.3 is 15.3 Å². The molecule has 3 unspecified atom stereocenters. The molecule has 0 aromatic heterocycles. The van der Waals surface area contributed by atoms with Crippen LogP contribution < -0.4 is 5.32 Å². The zero-order chi connectivity index (χ0) is 12.3. The fraction of sp³-hybridized carbons (Fsp3) is 0.923. The molecule has 98 valence electrons. The van der Waals surface area contributed by atoms with Crippen LogP contribution in [0.15, 0.2) is 0 Å². The zero-order valence-corrected chi connectivity index (χ0v) is 10.7. The Bertz CT molecular complexity index is 270. The standard InChI is InChI=1S/C13H24N2O2/c1-2-14-12-6-7-15(13(12)17)8-10-4-3-5-11(10)9-16/h10-12,14,16H,2-9H2,1H3. The van der Waals surface area contributed by atoms with Gasteiger partial charge in [0, 0.05) is 19.7 Å². The second-order valence-electron chi connectivity index (χ2n) is 5.32. The molecule has 17 heavy (non-hydrogen) atoms. The van der Waals surface area contributed by atoms with E-state index in [0.717, 1.165) is 32.5 Å². The first-order valence-corrected chi connectivity index (χ1v) is 6.89. The van der Waals surface area contributed by atoms with Crippen LogP contribution in [-0.2, 0) is 4.79 Å². The maximum Gasteiger partial charge on any atom is 0.239 e. The number of carbonyl (C=O) groups is 1. The third-order valence-electron chi connectivity index (χ3n) is 4.25. The molecule has 1 amide bonds. The third-order valence-corrected chi connectivity index (χ3v) is 4.25. The molecule has 0 aromatic rings. The summed E-state index contributed by atoms with van der Waals surface area (Å²) in [6, 6.07) is 0.0361. The van der Waals surface area contributed by atoms with Gasteiger partial charge in [0.15, 0.2) is 0 Å². The maximum absolute atomic E-state index is 12.1. The molecule has 4 heteroatoms. The van der Waals surface area contributed by atoms with Crippen molar-refractivity contribution in [3.63, 3.8) is 0 Å². The molecule has 0 spiro atoms. The Morgan fingerprint density at radius 3 is 2.82 bits per heavy atom. The molecule has 2 N–H and O–H groups in total. The topological polar surface area (TPSA) is 52.6 Å². The van der Waals surface area contributed by atoms with E-state index in [2.05, 4.69) is 5.32 Å². The molecule has 2 aliphatic rings. The minimum absolute atomic E-state index is 0.0361. The van der Waals surface area contributed by atoms with Crippen molar-refractivity contribution in [3.8, 4) is 0 Å². The van der Waals surface area contributed by atoms with Crippen LogP contribution in [0.3, 0.4) is 0 Å². The van der Waals surface area contributed by atoms with Crippen molar-refractivity contribution in [3.05, 3.63) is 0 Å². The molecular weight excluding hydrogens is 216 g/mol. The van der Waals surface area contributed by atoms with Crippen LogP contribution in [0.1, 0.15) is 32.6 Å². The average molecular weight is 240 g/mol. The number of amides is 1. The molecule has 3 atom stereocenters. The van der Waals surface area contributed by atoms with Crippen molar-refractivity contribution in [2.24, 2.45) is 11.8 Å². The number of carbonyl (C=O) groups excluding carboxylic acids is 1. The molecule has 1 aliphatic carbocycles. The van der Waals surface area contributed by atoms with Gasteiger partial charge in [-0.25, -0.2) is 0 Å². The first kappa shape index (κ1) is 12.8. The summed E-state index contributed by atoms with van der Waals surface area (Å²) >= 11 is 0. The van der Waals surface area contributed by atoms with Gasteiger partial charge in [0.25, 0.3) is 0 Å². The van der Waals surface area contributed by atoms with E-state index in [1.807, 2.05) is 11.8 Å². The number of hydrogen-bond acceptors (Lipinski definition) is 3. The van der Waals surface area contributed by atoms with Crippen LogP contribution in [-0.4, -0.2) is 48.2 Å². The molecular formula is C13H24N2O2. The van der Waals surface area contributed by atoms with E-state index in [0.29, 0.717) is 11.8 Å². The lowest BCUT2D eigenvalue weighted by atomic mass is 9.96. The van der Waals surface area contributed by atoms with E-state index in [4.69, 9.17) is 0 Å². The van der Waals surface area contributed by atoms with E-state index < -0.39 is 0 Å². The second-order valence-corrected chi connectivity index (χ2v) is 5.32. The zero-order valence-electron chi connectivity index (χ0n) is 10.7. The lowest BCUT2D eigenvalue weighted by Gasteiger charge is -2.24. The fourth-order valence-corrected chi connectivity index (χ4v) is 3.23. The van der Waals surface area contributed by atoms with Gasteiger partial charge in [-0.2, -0.15) is 0 Å². The predicted octanol–water partition coefficient (Wildman–Crippen LogP) is 0.605. The summed E-state index contributed by atoms with van der Waals surface area (Å²) in [6.07, 6.45) is 4.43. The SMILES string of the molecule is CCNC1CCN(CC2CCCC2CO)C1=O. The molecule has 0 radical (unpaired) electrons. The van der Waals surface area contributed by atoms with Crippen molar-refractivity contribution in [1.82, 2.24) is 10.2 Å². The molecule has 1 saturated carbocycles. The highest BCUT2D eigenvalue weighted by molar-refractivity contribution is 5.83. The van der Waals surface area contributed by atoms with Crippen molar-refractivity contribution < 1.29 is 9.90 Å². The highest BCUT2D eigenvalue weighted by Crippen LogP contribution is 2.32. The first-order chi connectivity index (χ1) is 8.26. The molecule has 1 aliphatic heterocycles. The van der Waals surface area contributed by atoms with Crippen LogP contribution >= 0.6 is 0 Å². The highest BCUT2D eigenvalue weighted by Gasteiger charge is 2.35. The Hall–Kier alpha value is -0.610. The molecule has 2 fully saturated rings. The monoisotopic (exact) mass is 240 g/mol. The summed E-state index contributed by atoms with van der Waals surface area (Å²) in [7, 11) is 0. The Labute approximate surface area is 103 Å². The predicted molar refractivity (Wildman–Crippen MR) is 66.6 cm³/mol. The van der Waals surface area contributed by atoms with Gasteiger partial charge >= 0.3 is 0 Å². The van der Waals surface area contributed by atoms with Gasteiger partial charge in [-0.05, 0) is 37.6 Å². The van der Waals surface area contributed by atoms with Crippen molar-refractivity contribution in [2.75, 3.05) is 26.2 Å². The Kier molecular flexibility index (Phi) is 4.40. The lowest BCUT2D eigenvalue weighted by Crippen LogP contribution is -2.40. The normalized spacial score (nSPS) is 33.6. The van der Waals surface area contributed by atoms with Crippen LogP contribution in [0.5, 0.6) is 0 Å².